The van der Waals surface area contributed by atoms with Crippen LogP contribution in [0, 0.1) is 13.8 Å². The molecule has 27 heavy (non-hydrogen) atoms. The largest absolute Gasteiger partial charge is 0.337 e. The van der Waals surface area contributed by atoms with Crippen LogP contribution in [-0.2, 0) is 12.5 Å². The smallest absolute Gasteiger partial charge is 0.177 e. The van der Waals surface area contributed by atoms with Crippen molar-refractivity contribution in [3.05, 3.63) is 65.8 Å². The van der Waals surface area contributed by atoms with E-state index in [9.17, 15) is 0 Å². The van der Waals surface area contributed by atoms with E-state index in [0.29, 0.717) is 5.92 Å². The van der Waals surface area contributed by atoms with Crippen LogP contribution in [-0.4, -0.2) is 29.1 Å². The molecule has 3 heterocycles. The summed E-state index contributed by atoms with van der Waals surface area (Å²) in [4.78, 5) is 14.2. The zero-order chi connectivity index (χ0) is 18.8. The average molecular weight is 358 g/mol. The topological polar surface area (TPSA) is 60.9 Å². The summed E-state index contributed by atoms with van der Waals surface area (Å²) in [6.45, 7) is 6.22. The minimum absolute atomic E-state index is 0.0853. The summed E-state index contributed by atoms with van der Waals surface area (Å²) < 4.78 is 4.05. The van der Waals surface area contributed by atoms with Crippen LogP contribution in [0.4, 0.5) is 0 Å². The summed E-state index contributed by atoms with van der Waals surface area (Å²) in [6.07, 6.45) is 4.96. The van der Waals surface area contributed by atoms with Crippen molar-refractivity contribution >= 4 is 5.65 Å². The number of imidazole rings is 1. The van der Waals surface area contributed by atoms with E-state index in [0.717, 1.165) is 46.4 Å². The van der Waals surface area contributed by atoms with E-state index in [1.54, 1.807) is 0 Å². The molecule has 0 spiro atoms. The molecule has 0 unspecified atom stereocenters. The van der Waals surface area contributed by atoms with Gasteiger partial charge in [0.2, 0.25) is 0 Å². The zero-order valence-electron chi connectivity index (χ0n) is 16.0. The van der Waals surface area contributed by atoms with Crippen molar-refractivity contribution in [1.29, 1.82) is 0 Å². The Morgan fingerprint density at radius 2 is 1.89 bits per heavy atom. The maximum absolute atomic E-state index is 4.94. The van der Waals surface area contributed by atoms with Crippen LogP contribution in [0.2, 0.25) is 0 Å². The Morgan fingerprint density at radius 3 is 2.63 bits per heavy atom. The highest BCUT2D eigenvalue weighted by Crippen LogP contribution is 2.59. The minimum Gasteiger partial charge on any atom is -0.337 e. The highest BCUT2D eigenvalue weighted by Gasteiger charge is 2.57. The molecular weight excluding hydrogens is 336 g/mol. The van der Waals surface area contributed by atoms with Crippen LogP contribution in [0.25, 0.3) is 16.9 Å². The Balaban J connectivity index is 1.52. The van der Waals surface area contributed by atoms with Crippen LogP contribution in [0.1, 0.15) is 42.3 Å². The second kappa shape index (κ2) is 5.49. The third-order valence-corrected chi connectivity index (χ3v) is 5.75. The highest BCUT2D eigenvalue weighted by molar-refractivity contribution is 5.59. The maximum Gasteiger partial charge on any atom is 0.177 e. The van der Waals surface area contributed by atoms with Crippen molar-refractivity contribution in [2.45, 2.75) is 38.5 Å². The lowest BCUT2D eigenvalue weighted by Crippen LogP contribution is -2.09. The lowest BCUT2D eigenvalue weighted by molar-refractivity contribution is 0.648. The quantitative estimate of drug-likeness (QED) is 0.561. The Bertz CT molecular complexity index is 1120. The van der Waals surface area contributed by atoms with Gasteiger partial charge in [-0.25, -0.2) is 14.5 Å². The number of aromatic nitrogens is 6. The van der Waals surface area contributed by atoms with Gasteiger partial charge < -0.3 is 4.57 Å². The number of fused-ring (bicyclic) bond motifs is 1. The number of hydrogen-bond acceptors (Lipinski definition) is 4. The summed E-state index contributed by atoms with van der Waals surface area (Å²) in [5.74, 6) is 2.31. The predicted octanol–water partition coefficient (Wildman–Crippen LogP) is 3.59. The molecule has 0 radical (unpaired) electrons. The van der Waals surface area contributed by atoms with E-state index in [4.69, 9.17) is 15.1 Å². The van der Waals surface area contributed by atoms with E-state index in [1.165, 1.54) is 0 Å². The second-order valence-corrected chi connectivity index (χ2v) is 7.79. The van der Waals surface area contributed by atoms with Gasteiger partial charge in [-0.3, -0.25) is 4.98 Å². The molecule has 1 fully saturated rings. The summed E-state index contributed by atoms with van der Waals surface area (Å²) in [5.41, 5.74) is 4.83. The van der Waals surface area contributed by atoms with Gasteiger partial charge in [0.15, 0.2) is 11.5 Å². The van der Waals surface area contributed by atoms with Gasteiger partial charge in [0.05, 0.1) is 17.1 Å². The number of nitrogens with zero attached hydrogens (tertiary/aromatic N) is 6. The standard InChI is InChI=1S/C21H22N6/c1-13-11-22-14(2)18-24-20(25-27(13)18)21(3)10-16(21)19-23-17(12-26(19)4)15-8-6-5-7-9-15/h5-9,11-12,16H,10H2,1-4H3/t16-,21+/m0/s1. The van der Waals surface area contributed by atoms with Gasteiger partial charge in [-0.15, -0.1) is 0 Å². The molecule has 1 saturated carbocycles. The first kappa shape index (κ1) is 16.2. The minimum atomic E-state index is -0.0853. The van der Waals surface area contributed by atoms with Crippen molar-refractivity contribution in [2.75, 3.05) is 0 Å². The third-order valence-electron chi connectivity index (χ3n) is 5.75. The molecule has 6 nitrogen and oxygen atoms in total. The SMILES string of the molecule is Cc1ncc(C)n2nc([C@]3(C)C[C@H]3c3nc(-c4ccccc4)cn3C)nc12. The van der Waals surface area contributed by atoms with Crippen molar-refractivity contribution in [1.82, 2.24) is 29.1 Å². The molecule has 0 bridgehead atoms. The van der Waals surface area contributed by atoms with Crippen LogP contribution in [0.5, 0.6) is 0 Å². The first-order chi connectivity index (χ1) is 13.0. The molecule has 1 aliphatic carbocycles. The van der Waals surface area contributed by atoms with Gasteiger partial charge in [-0.2, -0.15) is 5.10 Å². The van der Waals surface area contributed by atoms with Gasteiger partial charge in [0, 0.05) is 36.3 Å². The number of aryl methyl sites for hydroxylation is 3. The first-order valence-electron chi connectivity index (χ1n) is 9.25. The molecule has 0 aliphatic heterocycles. The number of rotatable bonds is 3. The molecule has 1 aliphatic rings. The molecule has 0 amide bonds. The summed E-state index contributed by atoms with van der Waals surface area (Å²) in [6, 6.07) is 10.3. The molecule has 0 saturated heterocycles. The zero-order valence-corrected chi connectivity index (χ0v) is 16.0. The van der Waals surface area contributed by atoms with Crippen molar-refractivity contribution in [3.8, 4) is 11.3 Å². The fraction of sp³-hybridized carbons (Fsp3) is 0.333. The number of hydrogen-bond donors (Lipinski definition) is 0. The molecule has 1 aromatic carbocycles. The van der Waals surface area contributed by atoms with E-state index < -0.39 is 0 Å². The van der Waals surface area contributed by atoms with Gasteiger partial charge in [0.25, 0.3) is 0 Å². The van der Waals surface area contributed by atoms with Crippen LogP contribution in [0.15, 0.2) is 42.7 Å². The van der Waals surface area contributed by atoms with Crippen molar-refractivity contribution in [3.63, 3.8) is 0 Å². The summed E-state index contributed by atoms with van der Waals surface area (Å²) >= 11 is 0. The van der Waals surface area contributed by atoms with Crippen LogP contribution >= 0.6 is 0 Å². The van der Waals surface area contributed by atoms with E-state index in [1.807, 2.05) is 42.8 Å². The Kier molecular flexibility index (Phi) is 3.29. The average Bonchev–Trinajstić information content (AvgIpc) is 3.02. The van der Waals surface area contributed by atoms with Crippen LogP contribution < -0.4 is 0 Å². The predicted molar refractivity (Wildman–Crippen MR) is 104 cm³/mol. The molecule has 5 rings (SSSR count). The van der Waals surface area contributed by atoms with E-state index in [-0.39, 0.29) is 5.41 Å². The number of benzene rings is 1. The van der Waals surface area contributed by atoms with Gasteiger partial charge in [0.1, 0.15) is 5.82 Å². The Labute approximate surface area is 157 Å². The molecule has 0 N–H and O–H groups in total. The van der Waals surface area contributed by atoms with Gasteiger partial charge >= 0.3 is 0 Å². The monoisotopic (exact) mass is 358 g/mol. The normalized spacial score (nSPS) is 21.7. The van der Waals surface area contributed by atoms with E-state index in [2.05, 4.69) is 41.9 Å². The first-order valence-corrected chi connectivity index (χ1v) is 9.25. The lowest BCUT2D eigenvalue weighted by Gasteiger charge is -2.06. The Morgan fingerprint density at radius 1 is 1.11 bits per heavy atom. The van der Waals surface area contributed by atoms with Gasteiger partial charge in [-0.1, -0.05) is 37.3 Å². The molecule has 6 heteroatoms. The van der Waals surface area contributed by atoms with Gasteiger partial charge in [-0.05, 0) is 20.3 Å². The maximum atomic E-state index is 4.94. The van der Waals surface area contributed by atoms with Crippen molar-refractivity contribution in [2.24, 2.45) is 7.05 Å². The molecular formula is C21H22N6. The lowest BCUT2D eigenvalue weighted by atomic mass is 10.1. The molecule has 136 valence electrons. The van der Waals surface area contributed by atoms with Crippen molar-refractivity contribution < 1.29 is 0 Å². The fourth-order valence-corrected chi connectivity index (χ4v) is 3.88. The van der Waals surface area contributed by atoms with Crippen LogP contribution in [0.3, 0.4) is 0 Å². The molecule has 3 aromatic heterocycles. The summed E-state index contributed by atoms with van der Waals surface area (Å²) in [7, 11) is 2.07. The molecule has 4 aromatic rings. The summed E-state index contributed by atoms with van der Waals surface area (Å²) in [5, 5.41) is 4.81. The third kappa shape index (κ3) is 2.40. The van der Waals surface area contributed by atoms with E-state index >= 15 is 0 Å². The second-order valence-electron chi connectivity index (χ2n) is 7.79. The molecule has 2 atom stereocenters. The highest BCUT2D eigenvalue weighted by atomic mass is 15.3. The Hall–Kier alpha value is -3.02. The fourth-order valence-electron chi connectivity index (χ4n) is 3.88.